The van der Waals surface area contributed by atoms with E-state index in [0.717, 1.165) is 12.1 Å². The molecule has 0 fully saturated rings. The summed E-state index contributed by atoms with van der Waals surface area (Å²) in [6, 6.07) is 4.41. The Morgan fingerprint density at radius 3 is 2.04 bits per heavy atom. The van der Waals surface area contributed by atoms with Crippen LogP contribution < -0.4 is 5.73 Å². The summed E-state index contributed by atoms with van der Waals surface area (Å²) in [5.74, 6) is -0.568. The van der Waals surface area contributed by atoms with E-state index in [1.165, 1.54) is 26.0 Å². The van der Waals surface area contributed by atoms with Crippen molar-refractivity contribution in [3.8, 4) is 5.75 Å². The van der Waals surface area contributed by atoms with Crippen molar-refractivity contribution in [1.82, 2.24) is 0 Å². The molecule has 126 valence electrons. The highest BCUT2D eigenvalue weighted by molar-refractivity contribution is 7.86. The van der Waals surface area contributed by atoms with Crippen LogP contribution in [0.3, 0.4) is 0 Å². The van der Waals surface area contributed by atoms with Gasteiger partial charge in [0, 0.05) is 17.1 Å². The van der Waals surface area contributed by atoms with Crippen LogP contribution in [-0.4, -0.2) is 31.0 Å². The van der Waals surface area contributed by atoms with Crippen LogP contribution in [0.2, 0.25) is 0 Å². The fourth-order valence-electron chi connectivity index (χ4n) is 2.25. The number of rotatable bonds is 3. The van der Waals surface area contributed by atoms with E-state index in [1.54, 1.807) is 0 Å². The average molecular weight is 361 g/mol. The van der Waals surface area contributed by atoms with Crippen LogP contribution in [0, 0.1) is 0 Å². The third kappa shape index (κ3) is 2.98. The average Bonchev–Trinajstić information content (AvgIpc) is 2.34. The minimum Gasteiger partial charge on any atom is -0.507 e. The Bertz CT molecular complexity index is 1010. The van der Waals surface area contributed by atoms with Crippen LogP contribution in [-0.2, 0) is 25.0 Å². The molecule has 0 saturated heterocycles. The lowest BCUT2D eigenvalue weighted by Gasteiger charge is -2.24. The van der Waals surface area contributed by atoms with Crippen molar-refractivity contribution in [3.05, 3.63) is 29.8 Å². The van der Waals surface area contributed by atoms with Gasteiger partial charge in [0.15, 0.2) is 0 Å². The minimum atomic E-state index is -4.57. The van der Waals surface area contributed by atoms with Gasteiger partial charge in [0.25, 0.3) is 20.2 Å². The zero-order valence-electron chi connectivity index (χ0n) is 12.2. The molecule has 0 spiro atoms. The lowest BCUT2D eigenvalue weighted by atomic mass is 9.94. The fourth-order valence-corrected chi connectivity index (χ4v) is 3.23. The quantitative estimate of drug-likeness (QED) is 0.473. The predicted molar refractivity (Wildman–Crippen MR) is 84.4 cm³/mol. The van der Waals surface area contributed by atoms with Crippen LogP contribution in [0.4, 0.5) is 5.69 Å². The first-order chi connectivity index (χ1) is 10.2. The smallest absolute Gasteiger partial charge is 0.294 e. The van der Waals surface area contributed by atoms with E-state index >= 15 is 0 Å². The predicted octanol–water partition coefficient (Wildman–Crippen LogP) is 1.50. The maximum atomic E-state index is 11.6. The first kappa shape index (κ1) is 17.5. The molecule has 2 rings (SSSR count). The standard InChI is InChI=1S/C13H15NO7S2/c1-13(2,23(19,20)21)10-5-8(14)3-7-4-9(22(16,17)18)6-11(15)12(7)10/h3-6,15H,14H2,1-2H3,(H,16,17,18)(H,19,20,21). The third-order valence-corrected chi connectivity index (χ3v) is 5.96. The van der Waals surface area contributed by atoms with Gasteiger partial charge >= 0.3 is 0 Å². The SMILES string of the molecule is CC(C)(c1cc(N)cc2cc(S(=O)(=O)O)cc(O)c12)S(=O)(=O)O. The number of aromatic hydroxyl groups is 1. The lowest BCUT2D eigenvalue weighted by molar-refractivity contribution is 0.445. The molecule has 8 nitrogen and oxygen atoms in total. The summed E-state index contributed by atoms with van der Waals surface area (Å²) in [6.07, 6.45) is 0. The van der Waals surface area contributed by atoms with Gasteiger partial charge in [0.05, 0.1) is 4.90 Å². The molecule has 0 aliphatic rings. The second-order valence-electron chi connectivity index (χ2n) is 5.57. The molecule has 0 aliphatic carbocycles. The van der Waals surface area contributed by atoms with Crippen molar-refractivity contribution < 1.29 is 31.0 Å². The summed E-state index contributed by atoms with van der Waals surface area (Å²) in [5.41, 5.74) is 5.79. The molecule has 0 aromatic heterocycles. The summed E-state index contributed by atoms with van der Waals surface area (Å²) >= 11 is 0. The summed E-state index contributed by atoms with van der Waals surface area (Å²) in [4.78, 5) is -0.566. The van der Waals surface area contributed by atoms with Crippen LogP contribution >= 0.6 is 0 Å². The number of nitrogens with two attached hydrogens (primary N) is 1. The Morgan fingerprint density at radius 1 is 1.00 bits per heavy atom. The molecule has 23 heavy (non-hydrogen) atoms. The molecule has 2 aromatic rings. The Kier molecular flexibility index (Phi) is 3.85. The largest absolute Gasteiger partial charge is 0.507 e. The maximum Gasteiger partial charge on any atom is 0.294 e. The van der Waals surface area contributed by atoms with E-state index in [1.807, 2.05) is 0 Å². The zero-order chi connectivity index (χ0) is 17.8. The van der Waals surface area contributed by atoms with E-state index in [9.17, 15) is 26.5 Å². The second-order valence-corrected chi connectivity index (χ2v) is 8.96. The van der Waals surface area contributed by atoms with Gasteiger partial charge in [-0.1, -0.05) is 0 Å². The summed E-state index contributed by atoms with van der Waals surface area (Å²) < 4.78 is 62.5. The highest BCUT2D eigenvalue weighted by Gasteiger charge is 2.37. The van der Waals surface area contributed by atoms with E-state index in [0.29, 0.717) is 0 Å². The van der Waals surface area contributed by atoms with Gasteiger partial charge in [-0.25, -0.2) is 0 Å². The highest BCUT2D eigenvalue weighted by atomic mass is 32.2. The van der Waals surface area contributed by atoms with Gasteiger partial charge < -0.3 is 10.8 Å². The normalized spacial score (nSPS) is 13.4. The van der Waals surface area contributed by atoms with Gasteiger partial charge in [-0.3, -0.25) is 9.11 Å². The van der Waals surface area contributed by atoms with E-state index < -0.39 is 35.6 Å². The molecular formula is C13H15NO7S2. The monoisotopic (exact) mass is 361 g/mol. The minimum absolute atomic E-state index is 0.00520. The maximum absolute atomic E-state index is 11.6. The van der Waals surface area contributed by atoms with Crippen LogP contribution in [0.5, 0.6) is 5.75 Å². The molecule has 5 N–H and O–H groups in total. The number of benzene rings is 2. The Hall–Kier alpha value is -1.88. The second kappa shape index (κ2) is 5.06. The Morgan fingerprint density at radius 2 is 1.57 bits per heavy atom. The fraction of sp³-hybridized carbons (Fsp3) is 0.231. The Balaban J connectivity index is 3.00. The molecule has 0 unspecified atom stereocenters. The van der Waals surface area contributed by atoms with Gasteiger partial charge in [-0.2, -0.15) is 16.8 Å². The van der Waals surface area contributed by atoms with Crippen LogP contribution in [0.1, 0.15) is 19.4 Å². The number of phenols is 1. The number of anilines is 1. The number of hydrogen-bond donors (Lipinski definition) is 4. The first-order valence-corrected chi connectivity index (χ1v) is 9.14. The van der Waals surface area contributed by atoms with Gasteiger partial charge in [-0.15, -0.1) is 0 Å². The van der Waals surface area contributed by atoms with Crippen molar-refractivity contribution >= 4 is 36.7 Å². The topological polar surface area (TPSA) is 155 Å². The number of fused-ring (bicyclic) bond motifs is 1. The molecule has 0 atom stereocenters. The first-order valence-electron chi connectivity index (χ1n) is 6.26. The number of phenolic OH excluding ortho intramolecular Hbond substituents is 1. The molecule has 0 bridgehead atoms. The molecule has 0 radical (unpaired) electrons. The van der Waals surface area contributed by atoms with Crippen molar-refractivity contribution in [2.24, 2.45) is 0 Å². The molecule has 0 aliphatic heterocycles. The number of nitrogen functional groups attached to an aromatic ring is 1. The van der Waals surface area contributed by atoms with Gasteiger partial charge in [-0.05, 0) is 43.0 Å². The van der Waals surface area contributed by atoms with Gasteiger partial charge in [0.2, 0.25) is 0 Å². The molecule has 0 saturated carbocycles. The Labute approximate surface area is 133 Å². The van der Waals surface area contributed by atoms with Crippen molar-refractivity contribution in [1.29, 1.82) is 0 Å². The molecular weight excluding hydrogens is 346 g/mol. The van der Waals surface area contributed by atoms with E-state index in [2.05, 4.69) is 0 Å². The van der Waals surface area contributed by atoms with E-state index in [4.69, 9.17) is 10.3 Å². The molecule has 0 heterocycles. The van der Waals surface area contributed by atoms with Crippen LogP contribution in [0.25, 0.3) is 10.8 Å². The third-order valence-electron chi connectivity index (χ3n) is 3.62. The van der Waals surface area contributed by atoms with Crippen molar-refractivity contribution in [3.63, 3.8) is 0 Å². The van der Waals surface area contributed by atoms with Gasteiger partial charge in [0.1, 0.15) is 10.5 Å². The van der Waals surface area contributed by atoms with Crippen LogP contribution in [0.15, 0.2) is 29.2 Å². The molecule has 10 heteroatoms. The van der Waals surface area contributed by atoms with E-state index in [-0.39, 0.29) is 22.0 Å². The molecule has 0 amide bonds. The molecule has 2 aromatic carbocycles. The van der Waals surface area contributed by atoms with Crippen molar-refractivity contribution in [2.75, 3.05) is 5.73 Å². The highest BCUT2D eigenvalue weighted by Crippen LogP contribution is 2.40. The van der Waals surface area contributed by atoms with Crippen molar-refractivity contribution in [2.45, 2.75) is 23.5 Å². The number of hydrogen-bond acceptors (Lipinski definition) is 6. The zero-order valence-corrected chi connectivity index (χ0v) is 13.8. The summed E-state index contributed by atoms with van der Waals surface area (Å²) in [7, 11) is -9.13. The summed E-state index contributed by atoms with van der Waals surface area (Å²) in [6.45, 7) is 2.43. The lowest BCUT2D eigenvalue weighted by Crippen LogP contribution is -2.29. The summed E-state index contributed by atoms with van der Waals surface area (Å²) in [5, 5.41) is 10.2.